The molecule has 0 saturated carbocycles. The Bertz CT molecular complexity index is 459. The van der Waals surface area contributed by atoms with E-state index in [1.165, 1.54) is 0 Å². The van der Waals surface area contributed by atoms with Crippen LogP contribution >= 0.6 is 34.5 Å². The lowest BCUT2D eigenvalue weighted by Crippen LogP contribution is -1.90. The Morgan fingerprint density at radius 1 is 1.07 bits per heavy atom. The fourth-order valence-electron chi connectivity index (χ4n) is 1.34. The number of rotatable bonds is 2. The maximum atomic E-state index is 5.94. The Morgan fingerprint density at radius 3 is 2.27 bits per heavy atom. The van der Waals surface area contributed by atoms with Crippen molar-refractivity contribution in [3.63, 3.8) is 0 Å². The third-order valence-electron chi connectivity index (χ3n) is 2.01. The minimum absolute atomic E-state index is 0.568. The third kappa shape index (κ3) is 2.52. The van der Waals surface area contributed by atoms with E-state index < -0.39 is 0 Å². The molecule has 0 aliphatic heterocycles. The van der Waals surface area contributed by atoms with Crippen LogP contribution in [0.4, 0.5) is 0 Å². The Balaban J connectivity index is 2.44. The lowest BCUT2D eigenvalue weighted by Gasteiger charge is -1.99. The first-order valence-electron chi connectivity index (χ1n) is 4.44. The number of nitrogens with two attached hydrogens (primary N) is 1. The van der Waals surface area contributed by atoms with Crippen molar-refractivity contribution in [1.29, 1.82) is 0 Å². The summed E-state index contributed by atoms with van der Waals surface area (Å²) >= 11 is 13.5. The molecular weight excluding hydrogens is 249 g/mol. The first kappa shape index (κ1) is 11.0. The van der Waals surface area contributed by atoms with Gasteiger partial charge in [0.15, 0.2) is 0 Å². The van der Waals surface area contributed by atoms with E-state index in [0.29, 0.717) is 16.6 Å². The normalized spacial score (nSPS) is 10.6. The summed E-state index contributed by atoms with van der Waals surface area (Å²) in [6.45, 7) is 0.568. The van der Waals surface area contributed by atoms with Gasteiger partial charge >= 0.3 is 0 Å². The third-order valence-corrected chi connectivity index (χ3v) is 3.60. The van der Waals surface area contributed by atoms with Crippen molar-refractivity contribution in [2.75, 3.05) is 0 Å². The molecule has 2 aromatic rings. The predicted octanol–water partition coefficient (Wildman–Crippen LogP) is 4.18. The van der Waals surface area contributed by atoms with E-state index in [2.05, 4.69) is 0 Å². The van der Waals surface area contributed by atoms with Crippen LogP contribution in [-0.4, -0.2) is 0 Å². The Labute approximate surface area is 102 Å². The quantitative estimate of drug-likeness (QED) is 0.859. The molecule has 78 valence electrons. The molecule has 2 rings (SSSR count). The van der Waals surface area contributed by atoms with Gasteiger partial charge in [0.1, 0.15) is 0 Å². The average molecular weight is 258 g/mol. The molecule has 0 bridgehead atoms. The molecule has 4 heteroatoms. The maximum absolute atomic E-state index is 5.94. The van der Waals surface area contributed by atoms with E-state index >= 15 is 0 Å². The second-order valence-corrected chi connectivity index (χ2v) is 5.17. The summed E-state index contributed by atoms with van der Waals surface area (Å²) in [5, 5.41) is 1.31. The average Bonchev–Trinajstić information content (AvgIpc) is 2.64. The second kappa shape index (κ2) is 4.54. The van der Waals surface area contributed by atoms with Gasteiger partial charge in [0.2, 0.25) is 0 Å². The van der Waals surface area contributed by atoms with Gasteiger partial charge in [-0.25, -0.2) is 0 Å². The van der Waals surface area contributed by atoms with Crippen molar-refractivity contribution in [1.82, 2.24) is 0 Å². The van der Waals surface area contributed by atoms with Crippen molar-refractivity contribution >= 4 is 34.5 Å². The van der Waals surface area contributed by atoms with Crippen LogP contribution in [0.15, 0.2) is 30.3 Å². The Morgan fingerprint density at radius 2 is 1.73 bits per heavy atom. The molecule has 0 aliphatic rings. The zero-order chi connectivity index (χ0) is 10.8. The van der Waals surface area contributed by atoms with E-state index in [4.69, 9.17) is 28.9 Å². The zero-order valence-corrected chi connectivity index (χ0v) is 10.2. The highest BCUT2D eigenvalue weighted by Gasteiger charge is 2.04. The number of halogens is 2. The van der Waals surface area contributed by atoms with Crippen molar-refractivity contribution in [3.8, 4) is 10.4 Å². The first-order chi connectivity index (χ1) is 7.19. The van der Waals surface area contributed by atoms with Gasteiger partial charge in [-0.05, 0) is 35.9 Å². The highest BCUT2D eigenvalue weighted by atomic mass is 35.5. The van der Waals surface area contributed by atoms with Crippen LogP contribution in [0, 0.1) is 0 Å². The van der Waals surface area contributed by atoms with Crippen LogP contribution in [0.3, 0.4) is 0 Å². The summed E-state index contributed by atoms with van der Waals surface area (Å²) in [5.41, 5.74) is 6.60. The van der Waals surface area contributed by atoms with E-state index in [1.54, 1.807) is 17.4 Å². The van der Waals surface area contributed by atoms with E-state index in [1.807, 2.05) is 24.3 Å². The molecule has 1 nitrogen and oxygen atoms in total. The summed E-state index contributed by atoms with van der Waals surface area (Å²) in [6.07, 6.45) is 0. The highest BCUT2D eigenvalue weighted by Crippen LogP contribution is 2.31. The zero-order valence-electron chi connectivity index (χ0n) is 7.84. The van der Waals surface area contributed by atoms with Gasteiger partial charge in [-0.3, -0.25) is 0 Å². The Kier molecular flexibility index (Phi) is 3.32. The Hall–Kier alpha value is -0.540. The molecule has 0 saturated heterocycles. The molecule has 1 aromatic carbocycles. The molecule has 0 aliphatic carbocycles. The molecule has 0 radical (unpaired) electrons. The monoisotopic (exact) mass is 257 g/mol. The molecule has 1 aromatic heterocycles. The smallest absolute Gasteiger partial charge is 0.0427 e. The largest absolute Gasteiger partial charge is 0.326 e. The molecule has 0 atom stereocenters. The van der Waals surface area contributed by atoms with Crippen LogP contribution in [-0.2, 0) is 6.54 Å². The van der Waals surface area contributed by atoms with Crippen molar-refractivity contribution < 1.29 is 0 Å². The second-order valence-electron chi connectivity index (χ2n) is 3.13. The summed E-state index contributed by atoms with van der Waals surface area (Å²) in [4.78, 5) is 2.29. The van der Waals surface area contributed by atoms with Gasteiger partial charge in [0.25, 0.3) is 0 Å². The minimum Gasteiger partial charge on any atom is -0.326 e. The van der Waals surface area contributed by atoms with Crippen molar-refractivity contribution in [2.45, 2.75) is 6.54 Å². The molecule has 0 amide bonds. The number of benzene rings is 1. The SMILES string of the molecule is NCc1ccc(-c2cc(Cl)cc(Cl)c2)s1. The van der Waals surface area contributed by atoms with Crippen LogP contribution in [0.1, 0.15) is 4.88 Å². The minimum atomic E-state index is 0.568. The van der Waals surface area contributed by atoms with Gasteiger partial charge in [-0.15, -0.1) is 11.3 Å². The predicted molar refractivity (Wildman–Crippen MR) is 67.7 cm³/mol. The van der Waals surface area contributed by atoms with Crippen LogP contribution in [0.2, 0.25) is 10.0 Å². The van der Waals surface area contributed by atoms with Crippen molar-refractivity contribution in [3.05, 3.63) is 45.3 Å². The fourth-order valence-corrected chi connectivity index (χ4v) is 2.74. The van der Waals surface area contributed by atoms with E-state index in [0.717, 1.165) is 15.3 Å². The molecular formula is C11H9Cl2NS. The topological polar surface area (TPSA) is 26.0 Å². The number of hydrogen-bond acceptors (Lipinski definition) is 2. The lowest BCUT2D eigenvalue weighted by molar-refractivity contribution is 1.11. The fraction of sp³-hybridized carbons (Fsp3) is 0.0909. The number of thiophene rings is 1. The molecule has 0 fully saturated rings. The molecule has 15 heavy (non-hydrogen) atoms. The summed E-state index contributed by atoms with van der Waals surface area (Å²) < 4.78 is 0. The van der Waals surface area contributed by atoms with Gasteiger partial charge in [-0.1, -0.05) is 23.2 Å². The van der Waals surface area contributed by atoms with Crippen LogP contribution in [0.25, 0.3) is 10.4 Å². The summed E-state index contributed by atoms with van der Waals surface area (Å²) in [7, 11) is 0. The molecule has 0 spiro atoms. The van der Waals surface area contributed by atoms with Gasteiger partial charge < -0.3 is 5.73 Å². The first-order valence-corrected chi connectivity index (χ1v) is 6.01. The molecule has 2 N–H and O–H groups in total. The van der Waals surface area contributed by atoms with E-state index in [9.17, 15) is 0 Å². The summed E-state index contributed by atoms with van der Waals surface area (Å²) in [5.74, 6) is 0. The van der Waals surface area contributed by atoms with Gasteiger partial charge in [0.05, 0.1) is 0 Å². The van der Waals surface area contributed by atoms with Gasteiger partial charge in [0, 0.05) is 26.3 Å². The molecule has 1 heterocycles. The standard InChI is InChI=1S/C11H9Cl2NS/c12-8-3-7(4-9(13)5-8)11-2-1-10(6-14)15-11/h1-5H,6,14H2. The van der Waals surface area contributed by atoms with Gasteiger partial charge in [-0.2, -0.15) is 0 Å². The van der Waals surface area contributed by atoms with Crippen LogP contribution < -0.4 is 5.73 Å². The lowest BCUT2D eigenvalue weighted by atomic mass is 10.2. The number of hydrogen-bond donors (Lipinski definition) is 1. The van der Waals surface area contributed by atoms with Crippen molar-refractivity contribution in [2.24, 2.45) is 5.73 Å². The molecule has 0 unspecified atom stereocenters. The van der Waals surface area contributed by atoms with E-state index in [-0.39, 0.29) is 0 Å². The highest BCUT2D eigenvalue weighted by molar-refractivity contribution is 7.15. The van der Waals surface area contributed by atoms with Crippen LogP contribution in [0.5, 0.6) is 0 Å². The maximum Gasteiger partial charge on any atom is 0.0427 e. The summed E-state index contributed by atoms with van der Waals surface area (Å²) in [6, 6.07) is 9.59.